The van der Waals surface area contributed by atoms with E-state index in [4.69, 9.17) is 4.74 Å². The van der Waals surface area contributed by atoms with E-state index in [0.717, 1.165) is 44.9 Å². The highest BCUT2D eigenvalue weighted by molar-refractivity contribution is 5.77. The normalized spacial score (nSPS) is 12.5. The maximum atomic E-state index is 11.1. The van der Waals surface area contributed by atoms with Crippen LogP contribution in [0.3, 0.4) is 0 Å². The molecular weight excluding hydrogens is 276 g/mol. The molecule has 0 heterocycles. The molecule has 128 valence electrons. The minimum atomic E-state index is -0.186. The van der Waals surface area contributed by atoms with Crippen molar-refractivity contribution >= 4 is 11.8 Å². The lowest BCUT2D eigenvalue weighted by Crippen LogP contribution is -2.11. The van der Waals surface area contributed by atoms with Crippen molar-refractivity contribution in [3.05, 3.63) is 12.2 Å². The molecule has 0 N–H and O–H groups in total. The second-order valence-corrected chi connectivity index (χ2v) is 6.02. The van der Waals surface area contributed by atoms with Crippen molar-refractivity contribution in [1.82, 2.24) is 0 Å². The van der Waals surface area contributed by atoms with E-state index in [-0.39, 0.29) is 12.1 Å². The summed E-state index contributed by atoms with van der Waals surface area (Å²) in [6, 6.07) is 0. The van der Waals surface area contributed by atoms with Crippen LogP contribution in [0.15, 0.2) is 12.2 Å². The van der Waals surface area contributed by atoms with Gasteiger partial charge in [0.1, 0.15) is 5.78 Å². The molecule has 0 amide bonds. The maximum Gasteiger partial charge on any atom is 0.302 e. The quantitative estimate of drug-likeness (QED) is 0.246. The molecule has 1 atom stereocenters. The molecule has 0 aromatic heterocycles. The minimum absolute atomic E-state index is 0.0487. The zero-order chi connectivity index (χ0) is 16.6. The monoisotopic (exact) mass is 310 g/mol. The summed E-state index contributed by atoms with van der Waals surface area (Å²) >= 11 is 0. The molecule has 3 heteroatoms. The molecule has 0 aliphatic carbocycles. The minimum Gasteiger partial charge on any atom is -0.463 e. The predicted octanol–water partition coefficient (Wildman–Crippen LogP) is 5.37. The summed E-state index contributed by atoms with van der Waals surface area (Å²) < 4.78 is 5.09. The molecule has 0 aromatic carbocycles. The number of ketones is 1. The second kappa shape index (κ2) is 14.8. The smallest absolute Gasteiger partial charge is 0.302 e. The van der Waals surface area contributed by atoms with E-state index in [1.807, 2.05) is 13.8 Å². The van der Waals surface area contributed by atoms with Crippen LogP contribution in [0.25, 0.3) is 0 Å². The molecule has 0 aliphatic rings. The summed E-state index contributed by atoms with van der Waals surface area (Å²) in [4.78, 5) is 21.9. The fraction of sp³-hybridized carbons (Fsp3) is 0.789. The zero-order valence-electron chi connectivity index (χ0n) is 14.7. The number of unbranched alkanes of at least 4 members (excludes halogenated alkanes) is 6. The van der Waals surface area contributed by atoms with Gasteiger partial charge in [-0.25, -0.2) is 0 Å². The molecule has 22 heavy (non-hydrogen) atoms. The van der Waals surface area contributed by atoms with Gasteiger partial charge in [0.05, 0.1) is 6.10 Å². The Kier molecular flexibility index (Phi) is 14.0. The van der Waals surface area contributed by atoms with Crippen LogP contribution in [0, 0.1) is 0 Å². The van der Waals surface area contributed by atoms with Crippen LogP contribution >= 0.6 is 0 Å². The molecule has 0 saturated heterocycles. The Morgan fingerprint density at radius 2 is 1.55 bits per heavy atom. The molecule has 0 aliphatic heterocycles. The maximum absolute atomic E-state index is 11.1. The Morgan fingerprint density at radius 1 is 0.955 bits per heavy atom. The van der Waals surface area contributed by atoms with Gasteiger partial charge in [0.2, 0.25) is 0 Å². The third-order valence-corrected chi connectivity index (χ3v) is 3.74. The average Bonchev–Trinajstić information content (AvgIpc) is 2.47. The van der Waals surface area contributed by atoms with Gasteiger partial charge in [-0.2, -0.15) is 0 Å². The van der Waals surface area contributed by atoms with Gasteiger partial charge in [-0.05, 0) is 51.9 Å². The topological polar surface area (TPSA) is 43.4 Å². The van der Waals surface area contributed by atoms with Crippen LogP contribution in [-0.4, -0.2) is 17.9 Å². The fourth-order valence-electron chi connectivity index (χ4n) is 2.39. The Morgan fingerprint density at radius 3 is 2.09 bits per heavy atom. The van der Waals surface area contributed by atoms with Crippen LogP contribution < -0.4 is 0 Å². The van der Waals surface area contributed by atoms with Crippen LogP contribution in [-0.2, 0) is 14.3 Å². The van der Waals surface area contributed by atoms with Gasteiger partial charge in [0.25, 0.3) is 0 Å². The van der Waals surface area contributed by atoms with E-state index < -0.39 is 0 Å². The summed E-state index contributed by atoms with van der Waals surface area (Å²) in [6.07, 6.45) is 16.1. The van der Waals surface area contributed by atoms with Gasteiger partial charge in [0, 0.05) is 19.8 Å². The first kappa shape index (κ1) is 20.9. The highest BCUT2D eigenvalue weighted by atomic mass is 16.5. The number of rotatable bonds is 14. The van der Waals surface area contributed by atoms with E-state index in [1.54, 1.807) is 0 Å². The van der Waals surface area contributed by atoms with Crippen molar-refractivity contribution in [2.75, 3.05) is 0 Å². The van der Waals surface area contributed by atoms with E-state index in [2.05, 4.69) is 12.2 Å². The number of carbonyl (C=O) groups excluding carboxylic acids is 2. The summed E-state index contributed by atoms with van der Waals surface area (Å²) in [5.74, 6) is 0.202. The van der Waals surface area contributed by atoms with Gasteiger partial charge >= 0.3 is 5.97 Å². The molecule has 0 fully saturated rings. The summed E-state index contributed by atoms with van der Waals surface area (Å²) in [7, 11) is 0. The largest absolute Gasteiger partial charge is 0.463 e. The number of allylic oxidation sites excluding steroid dienone is 2. The number of hydrogen-bond donors (Lipinski definition) is 0. The first-order valence-electron chi connectivity index (χ1n) is 8.90. The van der Waals surface area contributed by atoms with Crippen molar-refractivity contribution in [3.8, 4) is 0 Å². The Bertz CT molecular complexity index is 321. The standard InChI is InChI=1S/C19H34O3/c1-4-19(21)16-14-12-10-8-6-5-7-9-11-13-15-17(2)22-18(3)20/h5-6,17H,4,7-16H2,1-3H3. The number of esters is 1. The summed E-state index contributed by atoms with van der Waals surface area (Å²) in [5.41, 5.74) is 0. The lowest BCUT2D eigenvalue weighted by Gasteiger charge is -2.10. The van der Waals surface area contributed by atoms with Crippen LogP contribution in [0.1, 0.15) is 91.4 Å². The number of ether oxygens (including phenoxy) is 1. The van der Waals surface area contributed by atoms with Crippen molar-refractivity contribution in [1.29, 1.82) is 0 Å². The van der Waals surface area contributed by atoms with Crippen LogP contribution in [0.2, 0.25) is 0 Å². The van der Waals surface area contributed by atoms with E-state index >= 15 is 0 Å². The van der Waals surface area contributed by atoms with E-state index in [1.165, 1.54) is 26.2 Å². The first-order valence-corrected chi connectivity index (χ1v) is 8.90. The van der Waals surface area contributed by atoms with Gasteiger partial charge in [0.15, 0.2) is 0 Å². The molecule has 0 aromatic rings. The lowest BCUT2D eigenvalue weighted by atomic mass is 10.1. The molecule has 0 rings (SSSR count). The van der Waals surface area contributed by atoms with Gasteiger partial charge in [-0.3, -0.25) is 9.59 Å². The molecule has 0 saturated carbocycles. The Balaban J connectivity index is 3.27. The third kappa shape index (κ3) is 15.3. The van der Waals surface area contributed by atoms with Crippen molar-refractivity contribution in [2.45, 2.75) is 97.5 Å². The van der Waals surface area contributed by atoms with Crippen molar-refractivity contribution in [3.63, 3.8) is 0 Å². The van der Waals surface area contributed by atoms with Crippen molar-refractivity contribution in [2.24, 2.45) is 0 Å². The van der Waals surface area contributed by atoms with Crippen LogP contribution in [0.5, 0.6) is 0 Å². The first-order chi connectivity index (χ1) is 10.6. The van der Waals surface area contributed by atoms with Crippen molar-refractivity contribution < 1.29 is 14.3 Å². The van der Waals surface area contributed by atoms with E-state index in [9.17, 15) is 9.59 Å². The second-order valence-electron chi connectivity index (χ2n) is 6.02. The van der Waals surface area contributed by atoms with Crippen LogP contribution in [0.4, 0.5) is 0 Å². The molecule has 0 spiro atoms. The Hall–Kier alpha value is -1.12. The fourth-order valence-corrected chi connectivity index (χ4v) is 2.39. The molecule has 1 unspecified atom stereocenters. The highest BCUT2D eigenvalue weighted by Gasteiger charge is 2.03. The molecule has 0 radical (unpaired) electrons. The Labute approximate surface area is 136 Å². The average molecular weight is 310 g/mol. The number of carbonyl (C=O) groups is 2. The van der Waals surface area contributed by atoms with E-state index in [0.29, 0.717) is 12.2 Å². The van der Waals surface area contributed by atoms with Gasteiger partial charge < -0.3 is 4.74 Å². The lowest BCUT2D eigenvalue weighted by molar-refractivity contribution is -0.145. The number of Topliss-reactive ketones (excluding diaryl/α,β-unsaturated/α-hetero) is 1. The molecular formula is C19H34O3. The highest BCUT2D eigenvalue weighted by Crippen LogP contribution is 2.10. The zero-order valence-corrected chi connectivity index (χ0v) is 14.7. The summed E-state index contributed by atoms with van der Waals surface area (Å²) in [5, 5.41) is 0. The predicted molar refractivity (Wildman–Crippen MR) is 91.8 cm³/mol. The number of hydrogen-bond acceptors (Lipinski definition) is 3. The third-order valence-electron chi connectivity index (χ3n) is 3.74. The SMILES string of the molecule is CCC(=O)CCCCCC=CCCCCCC(C)OC(C)=O. The molecule has 3 nitrogen and oxygen atoms in total. The summed E-state index contributed by atoms with van der Waals surface area (Å²) in [6.45, 7) is 5.35. The van der Waals surface area contributed by atoms with Gasteiger partial charge in [-0.1, -0.05) is 31.9 Å². The van der Waals surface area contributed by atoms with Gasteiger partial charge in [-0.15, -0.1) is 0 Å². The molecule has 0 bridgehead atoms.